The number of nitriles is 1. The maximum Gasteiger partial charge on any atom is 0.127 e. The molecule has 0 fully saturated rings. The van der Waals surface area contributed by atoms with E-state index in [2.05, 4.69) is 6.07 Å². The van der Waals surface area contributed by atoms with Gasteiger partial charge in [-0.25, -0.2) is 4.39 Å². The van der Waals surface area contributed by atoms with Gasteiger partial charge in [-0.3, -0.25) is 0 Å². The van der Waals surface area contributed by atoms with E-state index in [9.17, 15) is 9.65 Å². The van der Waals surface area contributed by atoms with Crippen LogP contribution in [0.1, 0.15) is 17.0 Å². The Hall–Kier alpha value is -2.37. The van der Waals surface area contributed by atoms with Crippen LogP contribution in [0.25, 0.3) is 10.8 Å². The lowest BCUT2D eigenvalue weighted by Gasteiger charge is -2.14. The minimum Gasteiger partial charge on any atom is -0.207 e. The van der Waals surface area contributed by atoms with Crippen molar-refractivity contribution in [1.29, 1.82) is 5.26 Å². The van der Waals surface area contributed by atoms with Gasteiger partial charge < -0.3 is 0 Å². The van der Waals surface area contributed by atoms with Crippen molar-refractivity contribution in [3.05, 3.63) is 82.6 Å². The second-order valence-corrected chi connectivity index (χ2v) is 5.56. The Balaban J connectivity index is 2.06. The summed E-state index contributed by atoms with van der Waals surface area (Å²) in [5.41, 5.74) is 1.29. The standard InChI is InChI=1S/C19H13ClFN/c20-18-9-4-10-19(21)17(18)11-14(12-22)16-8-3-6-13-5-1-2-7-15(13)16/h1-10,14H,11H2. The van der Waals surface area contributed by atoms with Crippen molar-refractivity contribution < 1.29 is 4.39 Å². The first-order chi connectivity index (χ1) is 10.7. The van der Waals surface area contributed by atoms with Crippen LogP contribution in [0.3, 0.4) is 0 Å². The number of fused-ring (bicyclic) bond motifs is 1. The number of halogens is 2. The van der Waals surface area contributed by atoms with Gasteiger partial charge in [-0.05, 0) is 34.9 Å². The van der Waals surface area contributed by atoms with Gasteiger partial charge in [0.1, 0.15) is 5.82 Å². The normalized spacial score (nSPS) is 12.0. The highest BCUT2D eigenvalue weighted by Crippen LogP contribution is 2.31. The molecule has 0 amide bonds. The van der Waals surface area contributed by atoms with E-state index in [0.717, 1.165) is 16.3 Å². The van der Waals surface area contributed by atoms with Crippen molar-refractivity contribution in [2.24, 2.45) is 0 Å². The highest BCUT2D eigenvalue weighted by Gasteiger charge is 2.18. The Morgan fingerprint density at radius 2 is 1.73 bits per heavy atom. The van der Waals surface area contributed by atoms with Crippen LogP contribution >= 0.6 is 11.6 Å². The van der Waals surface area contributed by atoms with Gasteiger partial charge >= 0.3 is 0 Å². The summed E-state index contributed by atoms with van der Waals surface area (Å²) in [4.78, 5) is 0. The fourth-order valence-electron chi connectivity index (χ4n) is 2.71. The summed E-state index contributed by atoms with van der Waals surface area (Å²) in [5, 5.41) is 12.0. The van der Waals surface area contributed by atoms with E-state index in [-0.39, 0.29) is 12.2 Å². The van der Waals surface area contributed by atoms with Crippen LogP contribution in [0.15, 0.2) is 60.7 Å². The molecule has 0 spiro atoms. The SMILES string of the molecule is N#CC(Cc1c(F)cccc1Cl)c1cccc2ccccc12. The van der Waals surface area contributed by atoms with Crippen LogP contribution in [0.2, 0.25) is 5.02 Å². The minimum absolute atomic E-state index is 0.260. The molecular formula is C19H13ClFN. The first kappa shape index (κ1) is 14.6. The summed E-state index contributed by atoms with van der Waals surface area (Å²) in [6.07, 6.45) is 0.260. The highest BCUT2D eigenvalue weighted by atomic mass is 35.5. The summed E-state index contributed by atoms with van der Waals surface area (Å²) in [5.74, 6) is -0.812. The van der Waals surface area contributed by atoms with Crippen molar-refractivity contribution in [3.63, 3.8) is 0 Å². The summed E-state index contributed by atoms with van der Waals surface area (Å²) >= 11 is 6.09. The first-order valence-electron chi connectivity index (χ1n) is 7.01. The molecule has 0 saturated carbocycles. The van der Waals surface area contributed by atoms with Gasteiger partial charge in [-0.15, -0.1) is 0 Å². The predicted molar refractivity (Wildman–Crippen MR) is 87.4 cm³/mol. The Morgan fingerprint density at radius 1 is 1.00 bits per heavy atom. The fourth-order valence-corrected chi connectivity index (χ4v) is 2.95. The molecule has 1 nitrogen and oxygen atoms in total. The topological polar surface area (TPSA) is 23.8 Å². The quantitative estimate of drug-likeness (QED) is 0.628. The van der Waals surface area contributed by atoms with Crippen molar-refractivity contribution in [3.8, 4) is 6.07 Å². The average molecular weight is 310 g/mol. The third-order valence-electron chi connectivity index (χ3n) is 3.82. The molecule has 0 aliphatic heterocycles. The van der Waals surface area contributed by atoms with Gasteiger partial charge in [-0.2, -0.15) is 5.26 Å². The Morgan fingerprint density at radius 3 is 2.50 bits per heavy atom. The van der Waals surface area contributed by atoms with Gasteiger partial charge in [0.25, 0.3) is 0 Å². The molecule has 22 heavy (non-hydrogen) atoms. The molecule has 108 valence electrons. The van der Waals surface area contributed by atoms with Crippen LogP contribution in [0.5, 0.6) is 0 Å². The zero-order valence-corrected chi connectivity index (χ0v) is 12.5. The zero-order valence-electron chi connectivity index (χ0n) is 11.8. The van der Waals surface area contributed by atoms with Crippen LogP contribution in [-0.2, 0) is 6.42 Å². The monoisotopic (exact) mass is 309 g/mol. The molecule has 3 rings (SSSR count). The van der Waals surface area contributed by atoms with Crippen molar-refractivity contribution in [2.75, 3.05) is 0 Å². The number of hydrogen-bond acceptors (Lipinski definition) is 1. The predicted octanol–water partition coefficient (Wildman–Crippen LogP) is 5.48. The molecule has 0 heterocycles. The molecule has 0 saturated heterocycles. The summed E-state index contributed by atoms with van der Waals surface area (Å²) in [6, 6.07) is 20.6. The van der Waals surface area contributed by atoms with Crippen LogP contribution < -0.4 is 0 Å². The van der Waals surface area contributed by atoms with E-state index in [4.69, 9.17) is 11.6 Å². The lowest BCUT2D eigenvalue weighted by Crippen LogP contribution is -2.04. The number of hydrogen-bond donors (Lipinski definition) is 0. The van der Waals surface area contributed by atoms with E-state index >= 15 is 0 Å². The molecule has 3 aromatic rings. The molecule has 3 aromatic carbocycles. The number of nitrogens with zero attached hydrogens (tertiary/aromatic N) is 1. The maximum atomic E-state index is 14.0. The van der Waals surface area contributed by atoms with E-state index in [1.165, 1.54) is 6.07 Å². The molecule has 0 radical (unpaired) electrons. The average Bonchev–Trinajstić information content (AvgIpc) is 2.54. The lowest BCUT2D eigenvalue weighted by atomic mass is 9.89. The molecule has 0 N–H and O–H groups in total. The van der Waals surface area contributed by atoms with Crippen LogP contribution in [0, 0.1) is 17.1 Å². The second kappa shape index (κ2) is 6.17. The van der Waals surface area contributed by atoms with Crippen molar-refractivity contribution >= 4 is 22.4 Å². The van der Waals surface area contributed by atoms with Crippen molar-refractivity contribution in [1.82, 2.24) is 0 Å². The molecule has 0 aliphatic carbocycles. The molecular weight excluding hydrogens is 297 g/mol. The summed E-state index contributed by atoms with van der Waals surface area (Å²) in [7, 11) is 0. The van der Waals surface area contributed by atoms with Gasteiger partial charge in [0.2, 0.25) is 0 Å². The van der Waals surface area contributed by atoms with E-state index in [0.29, 0.717) is 10.6 Å². The summed E-state index contributed by atoms with van der Waals surface area (Å²) in [6.45, 7) is 0. The third-order valence-corrected chi connectivity index (χ3v) is 4.18. The van der Waals surface area contributed by atoms with Crippen molar-refractivity contribution in [2.45, 2.75) is 12.3 Å². The molecule has 0 bridgehead atoms. The molecule has 3 heteroatoms. The van der Waals surface area contributed by atoms with E-state index < -0.39 is 5.92 Å². The largest absolute Gasteiger partial charge is 0.207 e. The number of rotatable bonds is 3. The molecule has 1 atom stereocenters. The summed E-state index contributed by atoms with van der Waals surface area (Å²) < 4.78 is 14.0. The van der Waals surface area contributed by atoms with Crippen LogP contribution in [0.4, 0.5) is 4.39 Å². The molecule has 1 unspecified atom stereocenters. The molecule has 0 aromatic heterocycles. The van der Waals surface area contributed by atoms with E-state index in [1.54, 1.807) is 12.1 Å². The lowest BCUT2D eigenvalue weighted by molar-refractivity contribution is 0.605. The van der Waals surface area contributed by atoms with E-state index in [1.807, 2.05) is 42.5 Å². The number of benzene rings is 3. The highest BCUT2D eigenvalue weighted by molar-refractivity contribution is 6.31. The Bertz CT molecular complexity index is 841. The first-order valence-corrected chi connectivity index (χ1v) is 7.38. The van der Waals surface area contributed by atoms with Gasteiger partial charge in [-0.1, -0.05) is 60.1 Å². The molecule has 0 aliphatic rings. The Kier molecular flexibility index (Phi) is 4.09. The maximum absolute atomic E-state index is 14.0. The smallest absolute Gasteiger partial charge is 0.127 e. The van der Waals surface area contributed by atoms with Gasteiger partial charge in [0.05, 0.1) is 12.0 Å². The van der Waals surface area contributed by atoms with Gasteiger partial charge in [0, 0.05) is 10.6 Å². The third kappa shape index (κ3) is 2.68. The second-order valence-electron chi connectivity index (χ2n) is 5.15. The minimum atomic E-state index is -0.444. The van der Waals surface area contributed by atoms with Crippen LogP contribution in [-0.4, -0.2) is 0 Å². The Labute approximate surface area is 133 Å². The zero-order chi connectivity index (χ0) is 15.5. The fraction of sp³-hybridized carbons (Fsp3) is 0.105. The van der Waals surface area contributed by atoms with Gasteiger partial charge in [0.15, 0.2) is 0 Å².